The number of anilines is 1. The monoisotopic (exact) mass is 372 g/mol. The quantitative estimate of drug-likeness (QED) is 0.768. The number of carboxylic acids is 1. The summed E-state index contributed by atoms with van der Waals surface area (Å²) in [6.07, 6.45) is 0.916. The van der Waals surface area contributed by atoms with Crippen LogP contribution in [0.3, 0.4) is 0 Å². The number of carboxylic acid groups (broad SMARTS) is 1. The molecule has 0 fully saturated rings. The average molecular weight is 373 g/mol. The van der Waals surface area contributed by atoms with E-state index in [2.05, 4.69) is 21.2 Å². The number of hydrogen-bond donors (Lipinski definition) is 3. The second-order valence-corrected chi connectivity index (χ2v) is 5.47. The number of rotatable bonds is 4. The molecule has 0 spiro atoms. The predicted octanol–water partition coefficient (Wildman–Crippen LogP) is 3.29. The maximum atomic E-state index is 14.0. The Kier molecular flexibility index (Phi) is 4.60. The van der Waals surface area contributed by atoms with E-state index in [-0.39, 0.29) is 11.3 Å². The van der Waals surface area contributed by atoms with Gasteiger partial charge < -0.3 is 15.4 Å². The number of nitrogens with one attached hydrogen (secondary N) is 2. The van der Waals surface area contributed by atoms with Crippen LogP contribution in [-0.4, -0.2) is 16.1 Å². The highest BCUT2D eigenvalue weighted by atomic mass is 79.9. The molecule has 1 unspecified atom stereocenters. The number of carbonyl (C=O) groups is 1. The lowest BCUT2D eigenvalue weighted by Gasteiger charge is -2.18. The molecule has 1 aromatic heterocycles. The van der Waals surface area contributed by atoms with E-state index in [1.165, 1.54) is 19.1 Å². The van der Waals surface area contributed by atoms with Crippen LogP contribution in [0.15, 0.2) is 33.7 Å². The largest absolute Gasteiger partial charge is 0.478 e. The first-order chi connectivity index (χ1) is 10.3. The smallest absolute Gasteiger partial charge is 0.337 e. The van der Waals surface area contributed by atoms with E-state index < -0.39 is 34.8 Å². The van der Waals surface area contributed by atoms with E-state index in [4.69, 9.17) is 5.11 Å². The molecule has 1 atom stereocenters. The number of H-pyrrole nitrogens is 1. The van der Waals surface area contributed by atoms with Crippen molar-refractivity contribution in [2.24, 2.45) is 0 Å². The molecule has 0 saturated heterocycles. The predicted molar refractivity (Wildman–Crippen MR) is 80.1 cm³/mol. The normalized spacial score (nSPS) is 12.0. The lowest BCUT2D eigenvalue weighted by molar-refractivity contribution is 0.0694. The van der Waals surface area contributed by atoms with Gasteiger partial charge in [-0.2, -0.15) is 0 Å². The first-order valence-corrected chi connectivity index (χ1v) is 6.96. The zero-order chi connectivity index (χ0) is 16.4. The number of benzene rings is 1. The SMILES string of the molecule is CC(Nc1ccc(Br)cc1F)c1c(C(=O)O)c[nH]c(=O)c1F. The van der Waals surface area contributed by atoms with Crippen LogP contribution in [0.25, 0.3) is 0 Å². The molecule has 0 saturated carbocycles. The van der Waals surface area contributed by atoms with E-state index in [1.54, 1.807) is 6.07 Å². The molecule has 2 aromatic rings. The van der Waals surface area contributed by atoms with Gasteiger partial charge in [0.15, 0.2) is 5.82 Å². The molecule has 0 radical (unpaired) electrons. The van der Waals surface area contributed by atoms with Crippen LogP contribution in [0.5, 0.6) is 0 Å². The third-order valence-electron chi connectivity index (χ3n) is 3.04. The summed E-state index contributed by atoms with van der Waals surface area (Å²) in [7, 11) is 0. The Hall–Kier alpha value is -2.22. The van der Waals surface area contributed by atoms with Gasteiger partial charge in [0.1, 0.15) is 5.82 Å². The van der Waals surface area contributed by atoms with Gasteiger partial charge in [0.05, 0.1) is 17.3 Å². The molecule has 0 amide bonds. The number of aromatic carboxylic acids is 1. The highest BCUT2D eigenvalue weighted by Gasteiger charge is 2.23. The van der Waals surface area contributed by atoms with Gasteiger partial charge in [0.25, 0.3) is 5.56 Å². The number of aromatic nitrogens is 1. The molecule has 1 heterocycles. The fourth-order valence-electron chi connectivity index (χ4n) is 2.03. The minimum Gasteiger partial charge on any atom is -0.478 e. The van der Waals surface area contributed by atoms with Crippen LogP contribution in [-0.2, 0) is 0 Å². The van der Waals surface area contributed by atoms with Crippen LogP contribution in [0.1, 0.15) is 28.9 Å². The molecule has 0 bridgehead atoms. The van der Waals surface area contributed by atoms with Crippen LogP contribution in [0.4, 0.5) is 14.5 Å². The molecule has 5 nitrogen and oxygen atoms in total. The van der Waals surface area contributed by atoms with Gasteiger partial charge in [0, 0.05) is 16.2 Å². The first-order valence-electron chi connectivity index (χ1n) is 6.17. The molecule has 2 rings (SSSR count). The van der Waals surface area contributed by atoms with E-state index in [0.29, 0.717) is 4.47 Å². The highest BCUT2D eigenvalue weighted by Crippen LogP contribution is 2.26. The maximum absolute atomic E-state index is 14.0. The third kappa shape index (κ3) is 3.16. The van der Waals surface area contributed by atoms with Crippen molar-refractivity contribution >= 4 is 27.6 Å². The highest BCUT2D eigenvalue weighted by molar-refractivity contribution is 9.10. The minimum absolute atomic E-state index is 0.0618. The topological polar surface area (TPSA) is 82.2 Å². The number of hydrogen-bond acceptors (Lipinski definition) is 3. The van der Waals surface area contributed by atoms with Crippen molar-refractivity contribution in [3.05, 3.63) is 62.0 Å². The minimum atomic E-state index is -1.39. The van der Waals surface area contributed by atoms with Crippen LogP contribution >= 0.6 is 15.9 Å². The summed E-state index contributed by atoms with van der Waals surface area (Å²) in [6.45, 7) is 1.44. The van der Waals surface area contributed by atoms with E-state index in [0.717, 1.165) is 6.20 Å². The molecule has 0 aliphatic carbocycles. The molecule has 8 heteroatoms. The molecule has 0 aliphatic heterocycles. The second-order valence-electron chi connectivity index (χ2n) is 4.55. The Bertz CT molecular complexity index is 792. The summed E-state index contributed by atoms with van der Waals surface area (Å²) >= 11 is 3.11. The van der Waals surface area contributed by atoms with Gasteiger partial charge in [-0.15, -0.1) is 0 Å². The third-order valence-corrected chi connectivity index (χ3v) is 3.53. The summed E-state index contributed by atoms with van der Waals surface area (Å²) < 4.78 is 28.3. The van der Waals surface area contributed by atoms with Crippen molar-refractivity contribution in [3.8, 4) is 0 Å². The van der Waals surface area contributed by atoms with Crippen molar-refractivity contribution in [3.63, 3.8) is 0 Å². The lowest BCUT2D eigenvalue weighted by atomic mass is 10.0. The Labute approximate surface area is 132 Å². The van der Waals surface area contributed by atoms with Gasteiger partial charge in [-0.05, 0) is 25.1 Å². The second kappa shape index (κ2) is 6.27. The number of halogens is 3. The molecular formula is C14H11BrF2N2O3. The zero-order valence-electron chi connectivity index (χ0n) is 11.3. The maximum Gasteiger partial charge on any atom is 0.337 e. The van der Waals surface area contributed by atoms with Crippen molar-refractivity contribution < 1.29 is 18.7 Å². The Morgan fingerprint density at radius 3 is 2.68 bits per heavy atom. The number of aromatic amines is 1. The Morgan fingerprint density at radius 1 is 1.41 bits per heavy atom. The van der Waals surface area contributed by atoms with Gasteiger partial charge in [-0.1, -0.05) is 15.9 Å². The van der Waals surface area contributed by atoms with Gasteiger partial charge in [-0.3, -0.25) is 4.79 Å². The lowest BCUT2D eigenvalue weighted by Crippen LogP contribution is -2.22. The van der Waals surface area contributed by atoms with E-state index in [9.17, 15) is 18.4 Å². The molecule has 1 aromatic carbocycles. The standard InChI is InChI=1S/C14H11BrF2N2O3/c1-6(19-10-3-2-7(15)4-9(10)16)11-8(14(21)22)5-18-13(20)12(11)17/h2-6,19H,1H3,(H,18,20)(H,21,22). The fourth-order valence-corrected chi connectivity index (χ4v) is 2.36. The van der Waals surface area contributed by atoms with Crippen molar-refractivity contribution in [1.82, 2.24) is 4.98 Å². The van der Waals surface area contributed by atoms with Crippen molar-refractivity contribution in [1.29, 1.82) is 0 Å². The molecule has 116 valence electrons. The van der Waals surface area contributed by atoms with Crippen LogP contribution in [0, 0.1) is 11.6 Å². The van der Waals surface area contributed by atoms with Gasteiger partial charge >= 0.3 is 5.97 Å². The van der Waals surface area contributed by atoms with Gasteiger partial charge in [-0.25, -0.2) is 13.6 Å². The summed E-state index contributed by atoms with van der Waals surface area (Å²) in [6, 6.07) is 3.27. The zero-order valence-corrected chi connectivity index (χ0v) is 12.9. The Morgan fingerprint density at radius 2 is 2.09 bits per heavy atom. The molecule has 3 N–H and O–H groups in total. The summed E-state index contributed by atoms with van der Waals surface area (Å²) in [5.74, 6) is -3.20. The molecular weight excluding hydrogens is 362 g/mol. The first kappa shape index (κ1) is 16.2. The Balaban J connectivity index is 2.45. The van der Waals surface area contributed by atoms with E-state index >= 15 is 0 Å². The van der Waals surface area contributed by atoms with Crippen LogP contribution < -0.4 is 10.9 Å². The van der Waals surface area contributed by atoms with Crippen molar-refractivity contribution in [2.45, 2.75) is 13.0 Å². The van der Waals surface area contributed by atoms with Gasteiger partial charge in [0.2, 0.25) is 0 Å². The summed E-state index contributed by atoms with van der Waals surface area (Å²) in [5.41, 5.74) is -1.70. The summed E-state index contributed by atoms with van der Waals surface area (Å²) in [5, 5.41) is 11.8. The number of pyridine rings is 1. The fraction of sp³-hybridized carbons (Fsp3) is 0.143. The molecule has 0 aliphatic rings. The van der Waals surface area contributed by atoms with E-state index in [1.807, 2.05) is 4.98 Å². The van der Waals surface area contributed by atoms with Crippen LogP contribution in [0.2, 0.25) is 0 Å². The summed E-state index contributed by atoms with van der Waals surface area (Å²) in [4.78, 5) is 24.5. The average Bonchev–Trinajstić information content (AvgIpc) is 2.44. The molecule has 22 heavy (non-hydrogen) atoms. The van der Waals surface area contributed by atoms with Crippen molar-refractivity contribution in [2.75, 3.05) is 5.32 Å².